The fraction of sp³-hybridized carbons (Fsp3) is 0.444. The lowest BCUT2D eigenvalue weighted by Crippen LogP contribution is -2.54. The van der Waals surface area contributed by atoms with Gasteiger partial charge in [0.15, 0.2) is 0 Å². The fourth-order valence-electron chi connectivity index (χ4n) is 3.23. The Morgan fingerprint density at radius 1 is 1.16 bits per heavy atom. The van der Waals surface area contributed by atoms with Crippen LogP contribution in [-0.4, -0.2) is 11.1 Å². The molecule has 0 spiro atoms. The molecule has 0 radical (unpaired) electrons. The van der Waals surface area contributed by atoms with E-state index >= 15 is 0 Å². The summed E-state index contributed by atoms with van der Waals surface area (Å²) in [5, 5.41) is 3.68. The maximum absolute atomic E-state index is 3.79. The standard InChI is InChI=1S/C18H25N/c1-6-14-7-9-15(10-8-14)11-16-12-17(2,3)19-18(4,5)13-16/h6-10,12,19H,1,11,13H2,2-5H3. The normalized spacial score (nSPS) is 20.7. The summed E-state index contributed by atoms with van der Waals surface area (Å²) in [6.07, 6.45) is 6.44. The van der Waals surface area contributed by atoms with Crippen LogP contribution < -0.4 is 5.32 Å². The monoisotopic (exact) mass is 255 g/mol. The van der Waals surface area contributed by atoms with Gasteiger partial charge in [-0.25, -0.2) is 0 Å². The molecule has 0 amide bonds. The average Bonchev–Trinajstić information content (AvgIpc) is 2.25. The second-order valence-electron chi connectivity index (χ2n) is 6.83. The van der Waals surface area contributed by atoms with Crippen molar-refractivity contribution in [3.05, 3.63) is 53.6 Å². The average molecular weight is 255 g/mol. The van der Waals surface area contributed by atoms with Crippen LogP contribution in [0.15, 0.2) is 42.5 Å². The van der Waals surface area contributed by atoms with Gasteiger partial charge in [-0.2, -0.15) is 0 Å². The molecule has 0 saturated heterocycles. The number of hydrogen-bond donors (Lipinski definition) is 1. The van der Waals surface area contributed by atoms with Crippen molar-refractivity contribution in [1.82, 2.24) is 5.32 Å². The first-order valence-corrected chi connectivity index (χ1v) is 7.01. The highest BCUT2D eigenvalue weighted by molar-refractivity contribution is 5.47. The zero-order valence-corrected chi connectivity index (χ0v) is 12.6. The second-order valence-corrected chi connectivity index (χ2v) is 6.83. The van der Waals surface area contributed by atoms with E-state index in [1.807, 2.05) is 6.08 Å². The van der Waals surface area contributed by atoms with E-state index in [1.54, 1.807) is 0 Å². The Hall–Kier alpha value is -1.34. The van der Waals surface area contributed by atoms with E-state index in [0.29, 0.717) is 0 Å². The summed E-state index contributed by atoms with van der Waals surface area (Å²) in [7, 11) is 0. The summed E-state index contributed by atoms with van der Waals surface area (Å²) in [5.74, 6) is 0. The number of benzene rings is 1. The smallest absolute Gasteiger partial charge is 0.0314 e. The van der Waals surface area contributed by atoms with Gasteiger partial charge < -0.3 is 5.32 Å². The van der Waals surface area contributed by atoms with Gasteiger partial charge in [0, 0.05) is 11.1 Å². The highest BCUT2D eigenvalue weighted by atomic mass is 15.0. The Bertz CT molecular complexity index is 489. The zero-order chi connectivity index (χ0) is 14.1. The first-order valence-electron chi connectivity index (χ1n) is 7.01. The summed E-state index contributed by atoms with van der Waals surface area (Å²) in [6, 6.07) is 8.69. The van der Waals surface area contributed by atoms with Crippen LogP contribution in [0, 0.1) is 0 Å². The highest BCUT2D eigenvalue weighted by Gasteiger charge is 2.31. The maximum Gasteiger partial charge on any atom is 0.0314 e. The SMILES string of the molecule is C=Cc1ccc(CC2=CC(C)(C)NC(C)(C)C2)cc1. The van der Waals surface area contributed by atoms with Crippen LogP contribution in [0.3, 0.4) is 0 Å². The van der Waals surface area contributed by atoms with Crippen molar-refractivity contribution in [3.63, 3.8) is 0 Å². The Morgan fingerprint density at radius 2 is 1.79 bits per heavy atom. The van der Waals surface area contributed by atoms with Gasteiger partial charge in [-0.1, -0.05) is 48.6 Å². The molecule has 0 bridgehead atoms. The van der Waals surface area contributed by atoms with Crippen LogP contribution >= 0.6 is 0 Å². The van der Waals surface area contributed by atoms with E-state index in [2.05, 4.69) is 69.9 Å². The van der Waals surface area contributed by atoms with Crippen molar-refractivity contribution >= 4 is 6.08 Å². The fourth-order valence-corrected chi connectivity index (χ4v) is 3.23. The first kappa shape index (κ1) is 14.1. The minimum absolute atomic E-state index is 0.0815. The van der Waals surface area contributed by atoms with Crippen LogP contribution in [0.4, 0.5) is 0 Å². The van der Waals surface area contributed by atoms with Crippen molar-refractivity contribution in [2.24, 2.45) is 0 Å². The van der Waals surface area contributed by atoms with Crippen molar-refractivity contribution < 1.29 is 0 Å². The lowest BCUT2D eigenvalue weighted by molar-refractivity contribution is 0.281. The third-order valence-electron chi connectivity index (χ3n) is 3.54. The molecular formula is C18H25N. The van der Waals surface area contributed by atoms with E-state index in [0.717, 1.165) is 12.8 Å². The molecule has 1 aliphatic heterocycles. The van der Waals surface area contributed by atoms with Crippen LogP contribution in [0.25, 0.3) is 6.08 Å². The minimum atomic E-state index is 0.0815. The third-order valence-corrected chi connectivity index (χ3v) is 3.54. The quantitative estimate of drug-likeness (QED) is 0.792. The molecule has 1 aliphatic rings. The molecule has 102 valence electrons. The van der Waals surface area contributed by atoms with Gasteiger partial charge >= 0.3 is 0 Å². The van der Waals surface area contributed by atoms with E-state index in [1.165, 1.54) is 16.7 Å². The molecule has 0 fully saturated rings. The summed E-state index contributed by atoms with van der Waals surface area (Å²) < 4.78 is 0. The van der Waals surface area contributed by atoms with E-state index in [9.17, 15) is 0 Å². The molecular weight excluding hydrogens is 230 g/mol. The summed E-state index contributed by atoms with van der Waals surface area (Å²) in [4.78, 5) is 0. The van der Waals surface area contributed by atoms with E-state index in [-0.39, 0.29) is 11.1 Å². The van der Waals surface area contributed by atoms with Crippen molar-refractivity contribution in [1.29, 1.82) is 0 Å². The molecule has 1 nitrogen and oxygen atoms in total. The van der Waals surface area contributed by atoms with Gasteiger partial charge in [-0.15, -0.1) is 0 Å². The molecule has 1 heterocycles. The van der Waals surface area contributed by atoms with E-state index in [4.69, 9.17) is 0 Å². The van der Waals surface area contributed by atoms with Gasteiger partial charge in [-0.05, 0) is 51.7 Å². The van der Waals surface area contributed by atoms with Gasteiger partial charge in [0.05, 0.1) is 0 Å². The molecule has 0 aliphatic carbocycles. The summed E-state index contributed by atoms with van der Waals surface area (Å²) in [5.41, 5.74) is 4.35. The minimum Gasteiger partial charge on any atom is -0.303 e. The number of rotatable bonds is 3. The zero-order valence-electron chi connectivity index (χ0n) is 12.6. The molecule has 0 aromatic heterocycles. The first-order chi connectivity index (χ1) is 8.80. The Balaban J connectivity index is 2.17. The molecule has 0 saturated carbocycles. The second kappa shape index (κ2) is 4.97. The highest BCUT2D eigenvalue weighted by Crippen LogP contribution is 2.29. The Kier molecular flexibility index (Phi) is 3.69. The van der Waals surface area contributed by atoms with Gasteiger partial charge in [-0.3, -0.25) is 0 Å². The molecule has 1 aromatic rings. The lowest BCUT2D eigenvalue weighted by atomic mass is 9.81. The molecule has 1 N–H and O–H groups in total. The van der Waals surface area contributed by atoms with Gasteiger partial charge in [0.1, 0.15) is 0 Å². The van der Waals surface area contributed by atoms with Crippen molar-refractivity contribution in [2.75, 3.05) is 0 Å². The van der Waals surface area contributed by atoms with Gasteiger partial charge in [0.2, 0.25) is 0 Å². The molecule has 0 atom stereocenters. The molecule has 1 aromatic carbocycles. The predicted octanol–water partition coefficient (Wildman–Crippen LogP) is 4.35. The number of hydrogen-bond acceptors (Lipinski definition) is 1. The number of nitrogens with one attached hydrogen (secondary N) is 1. The molecule has 19 heavy (non-hydrogen) atoms. The summed E-state index contributed by atoms with van der Waals surface area (Å²) in [6.45, 7) is 12.8. The van der Waals surface area contributed by atoms with Crippen LogP contribution in [0.1, 0.15) is 45.2 Å². The Labute approximate surface area is 117 Å². The van der Waals surface area contributed by atoms with Crippen molar-refractivity contribution in [2.45, 2.75) is 51.6 Å². The Morgan fingerprint density at radius 3 is 2.32 bits per heavy atom. The van der Waals surface area contributed by atoms with Gasteiger partial charge in [0.25, 0.3) is 0 Å². The van der Waals surface area contributed by atoms with Crippen molar-refractivity contribution in [3.8, 4) is 0 Å². The predicted molar refractivity (Wildman–Crippen MR) is 84.2 cm³/mol. The summed E-state index contributed by atoms with van der Waals surface area (Å²) >= 11 is 0. The lowest BCUT2D eigenvalue weighted by Gasteiger charge is -2.41. The third kappa shape index (κ3) is 3.81. The molecule has 2 rings (SSSR count). The topological polar surface area (TPSA) is 12.0 Å². The van der Waals surface area contributed by atoms with Crippen LogP contribution in [0.2, 0.25) is 0 Å². The van der Waals surface area contributed by atoms with Crippen LogP contribution in [-0.2, 0) is 6.42 Å². The maximum atomic E-state index is 3.79. The molecule has 0 unspecified atom stereocenters. The largest absolute Gasteiger partial charge is 0.303 e. The van der Waals surface area contributed by atoms with E-state index < -0.39 is 0 Å². The molecule has 1 heteroatoms. The van der Waals surface area contributed by atoms with Crippen LogP contribution in [0.5, 0.6) is 0 Å².